The third-order valence-corrected chi connectivity index (χ3v) is 11.2. The summed E-state index contributed by atoms with van der Waals surface area (Å²) >= 11 is 0. The van der Waals surface area contributed by atoms with E-state index in [0.29, 0.717) is 0 Å². The van der Waals surface area contributed by atoms with Crippen LogP contribution in [0.1, 0.15) is 0 Å². The zero-order chi connectivity index (χ0) is 12.4. The zero-order valence-corrected chi connectivity index (χ0v) is 12.0. The Labute approximate surface area is 115 Å². The normalized spacial score (nSPS) is 38.1. The maximum absolute atomic E-state index is 2.40. The van der Waals surface area contributed by atoms with Crippen molar-refractivity contribution in [2.75, 3.05) is 12.3 Å². The summed E-state index contributed by atoms with van der Waals surface area (Å²) in [5, 5.41) is 3.35. The molecule has 0 spiro atoms. The van der Waals surface area contributed by atoms with Gasteiger partial charge in [-0.3, -0.25) is 0 Å². The van der Waals surface area contributed by atoms with Gasteiger partial charge in [-0.1, -0.05) is 0 Å². The van der Waals surface area contributed by atoms with Crippen LogP contribution in [0.4, 0.5) is 0 Å². The van der Waals surface area contributed by atoms with E-state index >= 15 is 0 Å². The predicted octanol–water partition coefficient (Wildman–Crippen LogP) is 2.89. The van der Waals surface area contributed by atoms with Crippen LogP contribution in [-0.2, 0) is 0 Å². The SMILES string of the molecule is c1ccc([PH]2(c3ccccc3)CC3C4C(C2)C34)cc1. The van der Waals surface area contributed by atoms with Crippen molar-refractivity contribution in [2.24, 2.45) is 23.7 Å². The van der Waals surface area contributed by atoms with Gasteiger partial charge in [-0.2, -0.15) is 0 Å². The van der Waals surface area contributed by atoms with Crippen molar-refractivity contribution in [3.63, 3.8) is 0 Å². The van der Waals surface area contributed by atoms with Gasteiger partial charge in [0.15, 0.2) is 0 Å². The minimum atomic E-state index is -1.43. The Hall–Kier alpha value is -1.13. The van der Waals surface area contributed by atoms with E-state index in [2.05, 4.69) is 60.7 Å². The molecule has 2 saturated carbocycles. The van der Waals surface area contributed by atoms with Crippen molar-refractivity contribution in [2.45, 2.75) is 0 Å². The molecular formula is C18H19P. The first-order chi connectivity index (χ1) is 9.40. The Kier molecular flexibility index (Phi) is 1.96. The Morgan fingerprint density at radius 3 is 1.47 bits per heavy atom. The Morgan fingerprint density at radius 1 is 0.632 bits per heavy atom. The van der Waals surface area contributed by atoms with Crippen molar-refractivity contribution >= 4 is 17.9 Å². The summed E-state index contributed by atoms with van der Waals surface area (Å²) in [5.74, 6) is 4.53. The average molecular weight is 266 g/mol. The van der Waals surface area contributed by atoms with Gasteiger partial charge in [0.05, 0.1) is 0 Å². The van der Waals surface area contributed by atoms with Crippen LogP contribution in [-0.4, -0.2) is 12.3 Å². The molecule has 0 unspecified atom stereocenters. The molecule has 4 fully saturated rings. The molecule has 96 valence electrons. The molecule has 2 bridgehead atoms. The molecule has 0 N–H and O–H groups in total. The van der Waals surface area contributed by atoms with Crippen LogP contribution in [0, 0.1) is 23.7 Å². The summed E-state index contributed by atoms with van der Waals surface area (Å²) in [6.07, 6.45) is 3.04. The molecule has 0 nitrogen and oxygen atoms in total. The summed E-state index contributed by atoms with van der Waals surface area (Å²) in [6, 6.07) is 22.9. The predicted molar refractivity (Wildman–Crippen MR) is 84.2 cm³/mol. The molecule has 2 saturated heterocycles. The van der Waals surface area contributed by atoms with E-state index in [4.69, 9.17) is 0 Å². The molecule has 2 heterocycles. The van der Waals surface area contributed by atoms with Gasteiger partial charge in [0, 0.05) is 0 Å². The Bertz CT molecular complexity index is 553. The van der Waals surface area contributed by atoms with Crippen molar-refractivity contribution in [1.29, 1.82) is 0 Å². The molecule has 0 atom stereocenters. The van der Waals surface area contributed by atoms with Gasteiger partial charge in [-0.15, -0.1) is 0 Å². The number of hydrogen-bond donors (Lipinski definition) is 0. The molecule has 0 radical (unpaired) electrons. The standard InChI is InChI=1S/C18H19P/c1-3-7-13(8-4-1)19(14-9-5-2-6-10-14)11-15-17-16(12-19)18(15)17/h1-10,15-19H,11-12H2. The van der Waals surface area contributed by atoms with E-state index in [1.165, 1.54) is 12.3 Å². The zero-order valence-electron chi connectivity index (χ0n) is 11.0. The fraction of sp³-hybridized carbons (Fsp3) is 0.333. The van der Waals surface area contributed by atoms with Gasteiger partial charge >= 0.3 is 115 Å². The van der Waals surface area contributed by atoms with Crippen molar-refractivity contribution < 1.29 is 0 Å². The summed E-state index contributed by atoms with van der Waals surface area (Å²) in [5.41, 5.74) is 0. The molecular weight excluding hydrogens is 247 g/mol. The first-order valence-electron chi connectivity index (χ1n) is 7.51. The van der Waals surface area contributed by atoms with E-state index < -0.39 is 7.26 Å². The van der Waals surface area contributed by atoms with Gasteiger partial charge in [0.2, 0.25) is 0 Å². The van der Waals surface area contributed by atoms with E-state index in [1.807, 2.05) is 0 Å². The molecule has 6 rings (SSSR count). The Balaban J connectivity index is 1.66. The first-order valence-corrected chi connectivity index (χ1v) is 9.93. The number of rotatable bonds is 2. The van der Waals surface area contributed by atoms with Crippen LogP contribution in [0.3, 0.4) is 0 Å². The molecule has 2 aliphatic carbocycles. The second kappa shape index (κ2) is 3.49. The second-order valence-electron chi connectivity index (χ2n) is 6.70. The van der Waals surface area contributed by atoms with Gasteiger partial charge in [0.1, 0.15) is 0 Å². The summed E-state index contributed by atoms with van der Waals surface area (Å²) in [4.78, 5) is 0. The van der Waals surface area contributed by atoms with Crippen LogP contribution < -0.4 is 10.6 Å². The van der Waals surface area contributed by atoms with Crippen LogP contribution in [0.25, 0.3) is 0 Å². The quantitative estimate of drug-likeness (QED) is 0.733. The second-order valence-corrected chi connectivity index (χ2v) is 10.8. The molecule has 2 aromatic carbocycles. The molecule has 0 aromatic heterocycles. The maximum atomic E-state index is 2.40. The van der Waals surface area contributed by atoms with Crippen LogP contribution in [0.15, 0.2) is 60.7 Å². The molecule has 2 aromatic rings. The average Bonchev–Trinajstić information content (AvgIpc) is 3.41. The summed E-state index contributed by atoms with van der Waals surface area (Å²) in [7, 11) is -1.43. The van der Waals surface area contributed by atoms with Gasteiger partial charge < -0.3 is 0 Å². The first kappa shape index (κ1) is 10.6. The molecule has 0 amide bonds. The van der Waals surface area contributed by atoms with Crippen molar-refractivity contribution in [3.8, 4) is 0 Å². The van der Waals surface area contributed by atoms with Crippen molar-refractivity contribution in [3.05, 3.63) is 60.7 Å². The third-order valence-electron chi connectivity index (χ3n) is 5.96. The molecule has 2 aliphatic heterocycles. The monoisotopic (exact) mass is 266 g/mol. The van der Waals surface area contributed by atoms with E-state index in [-0.39, 0.29) is 0 Å². The molecule has 1 heteroatoms. The van der Waals surface area contributed by atoms with Crippen LogP contribution >= 0.6 is 7.26 Å². The fourth-order valence-electron chi connectivity index (χ4n) is 4.93. The Morgan fingerprint density at radius 2 is 1.05 bits per heavy atom. The molecule has 19 heavy (non-hydrogen) atoms. The van der Waals surface area contributed by atoms with Crippen molar-refractivity contribution in [1.82, 2.24) is 0 Å². The summed E-state index contributed by atoms with van der Waals surface area (Å²) < 4.78 is 0. The fourth-order valence-corrected chi connectivity index (χ4v) is 10.7. The van der Waals surface area contributed by atoms with Crippen LogP contribution in [0.5, 0.6) is 0 Å². The van der Waals surface area contributed by atoms with E-state index in [1.54, 1.807) is 10.6 Å². The third kappa shape index (κ3) is 1.33. The summed E-state index contributed by atoms with van der Waals surface area (Å²) in [6.45, 7) is 0. The number of fused-ring (bicyclic) bond motifs is 2. The topological polar surface area (TPSA) is 0 Å². The van der Waals surface area contributed by atoms with Gasteiger partial charge in [-0.25, -0.2) is 0 Å². The molecule has 4 aliphatic rings. The van der Waals surface area contributed by atoms with Gasteiger partial charge in [-0.05, 0) is 0 Å². The van der Waals surface area contributed by atoms with Gasteiger partial charge in [0.25, 0.3) is 0 Å². The number of benzene rings is 2. The number of hydrogen-bond acceptors (Lipinski definition) is 0. The van der Waals surface area contributed by atoms with E-state index in [9.17, 15) is 0 Å². The van der Waals surface area contributed by atoms with E-state index in [0.717, 1.165) is 23.7 Å². The minimum absolute atomic E-state index is 1.10. The van der Waals surface area contributed by atoms with Crippen LogP contribution in [0.2, 0.25) is 0 Å².